The third-order valence-corrected chi connectivity index (χ3v) is 6.64. The molecule has 1 N–H and O–H groups in total. The van der Waals surface area contributed by atoms with Gasteiger partial charge in [0.25, 0.3) is 5.22 Å². The SMILES string of the molecule is CC(Sc1nnc(-c2ccc3c(c2)OCO3)o1)C(=O)NC1CCCC(C)C1C. The molecule has 1 aromatic carbocycles. The number of carbonyl (C=O) groups is 1. The van der Waals surface area contributed by atoms with Gasteiger partial charge in [0.1, 0.15) is 0 Å². The van der Waals surface area contributed by atoms with Crippen molar-refractivity contribution in [2.75, 3.05) is 6.79 Å². The number of aromatic nitrogens is 2. The highest BCUT2D eigenvalue weighted by atomic mass is 32.2. The minimum Gasteiger partial charge on any atom is -0.454 e. The highest BCUT2D eigenvalue weighted by molar-refractivity contribution is 8.00. The second kappa shape index (κ2) is 8.03. The molecule has 2 aliphatic rings. The maximum atomic E-state index is 12.6. The number of rotatable bonds is 5. The number of amides is 1. The topological polar surface area (TPSA) is 86.5 Å². The summed E-state index contributed by atoms with van der Waals surface area (Å²) in [6.07, 6.45) is 3.45. The van der Waals surface area contributed by atoms with Crippen molar-refractivity contribution in [3.8, 4) is 23.0 Å². The van der Waals surface area contributed by atoms with Crippen molar-refractivity contribution in [1.82, 2.24) is 15.5 Å². The molecule has 1 aromatic heterocycles. The number of benzene rings is 1. The van der Waals surface area contributed by atoms with Crippen molar-refractivity contribution < 1.29 is 18.7 Å². The van der Waals surface area contributed by atoms with Crippen LogP contribution in [0.1, 0.15) is 40.0 Å². The standard InChI is InChI=1S/C20H25N3O4S/c1-11-5-4-6-15(12(11)2)21-18(24)13(3)28-20-23-22-19(27-20)14-7-8-16-17(9-14)26-10-25-16/h7-9,11-13,15H,4-6,10H2,1-3H3,(H,21,24). The third kappa shape index (κ3) is 3.97. The van der Waals surface area contributed by atoms with Gasteiger partial charge in [-0.05, 0) is 43.4 Å². The lowest BCUT2D eigenvalue weighted by atomic mass is 9.78. The first-order valence-electron chi connectivity index (χ1n) is 9.72. The Balaban J connectivity index is 1.37. The van der Waals surface area contributed by atoms with E-state index in [4.69, 9.17) is 13.9 Å². The number of nitrogens with one attached hydrogen (secondary N) is 1. The molecule has 1 aliphatic carbocycles. The Kier molecular flexibility index (Phi) is 5.48. The van der Waals surface area contributed by atoms with Crippen LogP contribution in [0.5, 0.6) is 11.5 Å². The molecule has 0 radical (unpaired) electrons. The minimum absolute atomic E-state index is 0.0128. The minimum atomic E-state index is -0.311. The molecule has 1 fully saturated rings. The van der Waals surface area contributed by atoms with Gasteiger partial charge in [-0.2, -0.15) is 0 Å². The Labute approximate surface area is 168 Å². The number of nitrogens with zero attached hydrogens (tertiary/aromatic N) is 2. The van der Waals surface area contributed by atoms with Crippen LogP contribution in [0, 0.1) is 11.8 Å². The molecule has 4 unspecified atom stereocenters. The third-order valence-electron chi connectivity index (χ3n) is 5.71. The predicted molar refractivity (Wildman–Crippen MR) is 105 cm³/mol. The van der Waals surface area contributed by atoms with Crippen LogP contribution in [-0.2, 0) is 4.79 Å². The number of thioether (sulfide) groups is 1. The van der Waals surface area contributed by atoms with E-state index in [0.29, 0.717) is 34.4 Å². The zero-order chi connectivity index (χ0) is 19.7. The molecule has 0 saturated heterocycles. The van der Waals surface area contributed by atoms with Gasteiger partial charge in [-0.25, -0.2) is 0 Å². The lowest BCUT2D eigenvalue weighted by Gasteiger charge is -2.35. The number of ether oxygens (including phenoxy) is 2. The molecule has 2 heterocycles. The number of hydrogen-bond acceptors (Lipinski definition) is 7. The predicted octanol–water partition coefficient (Wildman–Crippen LogP) is 3.89. The monoisotopic (exact) mass is 403 g/mol. The van der Waals surface area contributed by atoms with Gasteiger partial charge in [0.05, 0.1) is 5.25 Å². The number of fused-ring (bicyclic) bond motifs is 1. The molecule has 1 amide bonds. The van der Waals surface area contributed by atoms with Crippen LogP contribution in [0.2, 0.25) is 0 Å². The van der Waals surface area contributed by atoms with E-state index < -0.39 is 0 Å². The summed E-state index contributed by atoms with van der Waals surface area (Å²) >= 11 is 1.27. The summed E-state index contributed by atoms with van der Waals surface area (Å²) in [6.45, 7) is 6.57. The van der Waals surface area contributed by atoms with E-state index in [1.54, 1.807) is 0 Å². The van der Waals surface area contributed by atoms with Crippen LogP contribution in [-0.4, -0.2) is 34.2 Å². The van der Waals surface area contributed by atoms with Gasteiger partial charge in [0, 0.05) is 11.6 Å². The summed E-state index contributed by atoms with van der Waals surface area (Å²) < 4.78 is 16.4. The summed E-state index contributed by atoms with van der Waals surface area (Å²) in [6, 6.07) is 5.71. The zero-order valence-corrected chi connectivity index (χ0v) is 17.1. The molecule has 28 heavy (non-hydrogen) atoms. The summed E-state index contributed by atoms with van der Waals surface area (Å²) in [5, 5.41) is 11.4. The molecule has 7 nitrogen and oxygen atoms in total. The van der Waals surface area contributed by atoms with Gasteiger partial charge in [-0.15, -0.1) is 10.2 Å². The Morgan fingerprint density at radius 3 is 2.89 bits per heavy atom. The van der Waals surface area contributed by atoms with E-state index in [1.807, 2.05) is 25.1 Å². The fourth-order valence-electron chi connectivity index (χ4n) is 3.69. The molecule has 4 rings (SSSR count). The average molecular weight is 404 g/mol. The molecule has 0 bridgehead atoms. The maximum Gasteiger partial charge on any atom is 0.277 e. The largest absolute Gasteiger partial charge is 0.454 e. The molecular formula is C20H25N3O4S. The van der Waals surface area contributed by atoms with E-state index in [0.717, 1.165) is 12.0 Å². The lowest BCUT2D eigenvalue weighted by Crippen LogP contribution is -2.46. The molecule has 8 heteroatoms. The summed E-state index contributed by atoms with van der Waals surface area (Å²) in [5.74, 6) is 2.91. The van der Waals surface area contributed by atoms with Crippen molar-refractivity contribution in [2.45, 2.75) is 56.5 Å². The lowest BCUT2D eigenvalue weighted by molar-refractivity contribution is -0.121. The highest BCUT2D eigenvalue weighted by Gasteiger charge is 2.30. The van der Waals surface area contributed by atoms with Crippen LogP contribution in [0.25, 0.3) is 11.5 Å². The van der Waals surface area contributed by atoms with Crippen molar-refractivity contribution in [1.29, 1.82) is 0 Å². The normalized spacial score (nSPS) is 24.8. The van der Waals surface area contributed by atoms with Gasteiger partial charge in [-0.1, -0.05) is 38.5 Å². The van der Waals surface area contributed by atoms with Gasteiger partial charge < -0.3 is 19.2 Å². The molecule has 1 saturated carbocycles. The summed E-state index contributed by atoms with van der Waals surface area (Å²) in [5.41, 5.74) is 0.755. The fourth-order valence-corrected chi connectivity index (χ4v) is 4.39. The Hall–Kier alpha value is -2.22. The Morgan fingerprint density at radius 1 is 1.21 bits per heavy atom. The molecular weight excluding hydrogens is 378 g/mol. The summed E-state index contributed by atoms with van der Waals surface area (Å²) in [7, 11) is 0. The van der Waals surface area contributed by atoms with Crippen LogP contribution >= 0.6 is 11.8 Å². The summed E-state index contributed by atoms with van der Waals surface area (Å²) in [4.78, 5) is 12.6. The molecule has 0 spiro atoms. The molecule has 4 atom stereocenters. The van der Waals surface area contributed by atoms with Crippen LogP contribution in [0.4, 0.5) is 0 Å². The van der Waals surface area contributed by atoms with E-state index in [2.05, 4.69) is 29.4 Å². The van der Waals surface area contributed by atoms with Gasteiger partial charge in [-0.3, -0.25) is 4.79 Å². The highest BCUT2D eigenvalue weighted by Crippen LogP contribution is 2.36. The van der Waals surface area contributed by atoms with Gasteiger partial charge in [0.2, 0.25) is 18.6 Å². The first-order chi connectivity index (χ1) is 13.5. The zero-order valence-electron chi connectivity index (χ0n) is 16.3. The number of carbonyl (C=O) groups excluding carboxylic acids is 1. The quantitative estimate of drug-likeness (QED) is 0.758. The van der Waals surface area contributed by atoms with Gasteiger partial charge >= 0.3 is 0 Å². The fraction of sp³-hybridized carbons (Fsp3) is 0.550. The van der Waals surface area contributed by atoms with Crippen LogP contribution in [0.3, 0.4) is 0 Å². The van der Waals surface area contributed by atoms with Crippen LogP contribution < -0.4 is 14.8 Å². The number of hydrogen-bond donors (Lipinski definition) is 1. The Morgan fingerprint density at radius 2 is 2.04 bits per heavy atom. The second-order valence-electron chi connectivity index (χ2n) is 7.58. The van der Waals surface area contributed by atoms with E-state index in [9.17, 15) is 4.79 Å². The smallest absolute Gasteiger partial charge is 0.277 e. The molecule has 1 aliphatic heterocycles. The van der Waals surface area contributed by atoms with E-state index in [-0.39, 0.29) is 24.0 Å². The maximum absolute atomic E-state index is 12.6. The van der Waals surface area contributed by atoms with Crippen molar-refractivity contribution in [3.05, 3.63) is 18.2 Å². The van der Waals surface area contributed by atoms with Crippen molar-refractivity contribution in [2.24, 2.45) is 11.8 Å². The average Bonchev–Trinajstić information content (AvgIpc) is 3.34. The van der Waals surface area contributed by atoms with Gasteiger partial charge in [0.15, 0.2) is 11.5 Å². The van der Waals surface area contributed by atoms with Crippen molar-refractivity contribution in [3.63, 3.8) is 0 Å². The van der Waals surface area contributed by atoms with E-state index >= 15 is 0 Å². The first-order valence-corrected chi connectivity index (χ1v) is 10.6. The van der Waals surface area contributed by atoms with Crippen LogP contribution in [0.15, 0.2) is 27.8 Å². The van der Waals surface area contributed by atoms with Crippen molar-refractivity contribution >= 4 is 17.7 Å². The molecule has 150 valence electrons. The Bertz CT molecular complexity index is 856. The first kappa shape index (κ1) is 19.1. The second-order valence-corrected chi connectivity index (χ2v) is 8.88. The van der Waals surface area contributed by atoms with E-state index in [1.165, 1.54) is 24.6 Å². The molecule has 2 aromatic rings.